The van der Waals surface area contributed by atoms with Gasteiger partial charge in [0.25, 0.3) is 0 Å². The van der Waals surface area contributed by atoms with E-state index in [1.54, 1.807) is 18.4 Å². The highest BCUT2D eigenvalue weighted by Crippen LogP contribution is 2.31. The SMILES string of the molecule is Nc1cccc(F)c1CN(Cc1ccco1)C1CC1. The Hall–Kier alpha value is -1.81. The summed E-state index contributed by atoms with van der Waals surface area (Å²) in [5.74, 6) is 0.673. The van der Waals surface area contributed by atoms with Crippen molar-refractivity contribution in [2.24, 2.45) is 0 Å². The molecular weight excluding hydrogens is 243 g/mol. The second-order valence-electron chi connectivity index (χ2n) is 5.02. The first kappa shape index (κ1) is 12.2. The molecule has 3 nitrogen and oxygen atoms in total. The number of nitrogens with zero attached hydrogens (tertiary/aromatic N) is 1. The van der Waals surface area contributed by atoms with Gasteiger partial charge in [0.15, 0.2) is 0 Å². The number of furan rings is 1. The molecule has 4 heteroatoms. The fourth-order valence-electron chi connectivity index (χ4n) is 2.30. The lowest BCUT2D eigenvalue weighted by molar-refractivity contribution is 0.223. The summed E-state index contributed by atoms with van der Waals surface area (Å²) in [7, 11) is 0. The highest BCUT2D eigenvalue weighted by Gasteiger charge is 2.30. The maximum absolute atomic E-state index is 13.8. The molecule has 1 aromatic heterocycles. The van der Waals surface area contributed by atoms with E-state index in [2.05, 4.69) is 4.90 Å². The number of benzene rings is 1. The molecule has 1 fully saturated rings. The van der Waals surface area contributed by atoms with E-state index in [0.717, 1.165) is 18.6 Å². The van der Waals surface area contributed by atoms with E-state index in [-0.39, 0.29) is 5.82 Å². The zero-order valence-corrected chi connectivity index (χ0v) is 10.7. The van der Waals surface area contributed by atoms with Crippen molar-refractivity contribution in [2.45, 2.75) is 32.0 Å². The van der Waals surface area contributed by atoms with Crippen LogP contribution in [-0.2, 0) is 13.1 Å². The van der Waals surface area contributed by atoms with Crippen LogP contribution < -0.4 is 5.73 Å². The molecule has 2 N–H and O–H groups in total. The average Bonchev–Trinajstić information content (AvgIpc) is 3.11. The Bertz CT molecular complexity index is 529. The first-order chi connectivity index (χ1) is 9.24. The van der Waals surface area contributed by atoms with Crippen molar-refractivity contribution in [3.63, 3.8) is 0 Å². The van der Waals surface area contributed by atoms with Crippen LogP contribution in [0.2, 0.25) is 0 Å². The molecule has 0 bridgehead atoms. The molecule has 0 amide bonds. The summed E-state index contributed by atoms with van der Waals surface area (Å²) >= 11 is 0. The van der Waals surface area contributed by atoms with Crippen LogP contribution in [0.15, 0.2) is 41.0 Å². The van der Waals surface area contributed by atoms with Crippen LogP contribution in [0, 0.1) is 5.82 Å². The predicted molar refractivity (Wildman–Crippen MR) is 71.8 cm³/mol. The standard InChI is InChI=1S/C15H17FN2O/c16-14-4-1-5-15(17)13(14)10-18(11-6-7-11)9-12-3-2-8-19-12/h1-5,8,11H,6-7,9-10,17H2. The minimum absolute atomic E-state index is 0.231. The maximum Gasteiger partial charge on any atom is 0.129 e. The van der Waals surface area contributed by atoms with Crippen molar-refractivity contribution < 1.29 is 8.81 Å². The Balaban J connectivity index is 1.78. The minimum Gasteiger partial charge on any atom is -0.468 e. The maximum atomic E-state index is 13.8. The number of rotatable bonds is 5. The highest BCUT2D eigenvalue weighted by atomic mass is 19.1. The summed E-state index contributed by atoms with van der Waals surface area (Å²) < 4.78 is 19.2. The molecule has 0 radical (unpaired) electrons. The van der Waals surface area contributed by atoms with Gasteiger partial charge < -0.3 is 10.2 Å². The monoisotopic (exact) mass is 260 g/mol. The minimum atomic E-state index is -0.231. The van der Waals surface area contributed by atoms with Crippen LogP contribution in [0.3, 0.4) is 0 Å². The molecular formula is C15H17FN2O. The fraction of sp³-hybridized carbons (Fsp3) is 0.333. The highest BCUT2D eigenvalue weighted by molar-refractivity contribution is 5.47. The predicted octanol–water partition coefficient (Wildman–Crippen LogP) is 3.17. The van der Waals surface area contributed by atoms with E-state index < -0.39 is 0 Å². The topological polar surface area (TPSA) is 42.4 Å². The number of nitrogen functional groups attached to an aromatic ring is 1. The van der Waals surface area contributed by atoms with E-state index in [0.29, 0.717) is 30.4 Å². The Kier molecular flexibility index (Phi) is 3.25. The largest absolute Gasteiger partial charge is 0.468 e. The van der Waals surface area contributed by atoms with Crippen LogP contribution in [0.1, 0.15) is 24.2 Å². The molecule has 1 aliphatic carbocycles. The van der Waals surface area contributed by atoms with Crippen LogP contribution in [0.4, 0.5) is 10.1 Å². The second-order valence-corrected chi connectivity index (χ2v) is 5.02. The summed E-state index contributed by atoms with van der Waals surface area (Å²) in [4.78, 5) is 2.23. The van der Waals surface area contributed by atoms with Gasteiger partial charge in [-0.25, -0.2) is 4.39 Å². The average molecular weight is 260 g/mol. The van der Waals surface area contributed by atoms with E-state index in [1.165, 1.54) is 6.07 Å². The molecule has 0 aliphatic heterocycles. The summed E-state index contributed by atoms with van der Waals surface area (Å²) in [6, 6.07) is 9.18. The second kappa shape index (κ2) is 5.05. The van der Waals surface area contributed by atoms with E-state index in [4.69, 9.17) is 10.2 Å². The molecule has 19 heavy (non-hydrogen) atoms. The molecule has 0 unspecified atom stereocenters. The summed E-state index contributed by atoms with van der Waals surface area (Å²) in [5, 5.41) is 0. The Morgan fingerprint density at radius 2 is 2.05 bits per heavy atom. The van der Waals surface area contributed by atoms with Gasteiger partial charge in [-0.3, -0.25) is 4.90 Å². The zero-order valence-electron chi connectivity index (χ0n) is 10.7. The fourth-order valence-corrected chi connectivity index (χ4v) is 2.30. The first-order valence-electron chi connectivity index (χ1n) is 6.53. The lowest BCUT2D eigenvalue weighted by atomic mass is 10.1. The lowest BCUT2D eigenvalue weighted by Gasteiger charge is -2.22. The Morgan fingerprint density at radius 1 is 1.21 bits per heavy atom. The van der Waals surface area contributed by atoms with E-state index >= 15 is 0 Å². The third kappa shape index (κ3) is 2.79. The van der Waals surface area contributed by atoms with Gasteiger partial charge in [0.2, 0.25) is 0 Å². The molecule has 0 spiro atoms. The Labute approximate surface area is 111 Å². The van der Waals surface area contributed by atoms with Gasteiger partial charge in [0, 0.05) is 23.8 Å². The number of hydrogen-bond donors (Lipinski definition) is 1. The molecule has 1 aliphatic rings. The molecule has 1 saturated carbocycles. The van der Waals surface area contributed by atoms with Crippen molar-refractivity contribution in [1.82, 2.24) is 4.90 Å². The third-order valence-electron chi connectivity index (χ3n) is 3.52. The molecule has 1 heterocycles. The van der Waals surface area contributed by atoms with Crippen molar-refractivity contribution in [1.29, 1.82) is 0 Å². The summed E-state index contributed by atoms with van der Waals surface area (Å²) in [5.41, 5.74) is 6.98. The van der Waals surface area contributed by atoms with E-state index in [9.17, 15) is 4.39 Å². The van der Waals surface area contributed by atoms with Crippen molar-refractivity contribution in [3.05, 3.63) is 53.7 Å². The molecule has 0 atom stereocenters. The number of halogens is 1. The van der Waals surface area contributed by atoms with Gasteiger partial charge in [0.1, 0.15) is 11.6 Å². The molecule has 1 aromatic carbocycles. The number of anilines is 1. The summed E-state index contributed by atoms with van der Waals surface area (Å²) in [6.45, 7) is 1.23. The smallest absolute Gasteiger partial charge is 0.129 e. The van der Waals surface area contributed by atoms with Crippen LogP contribution in [0.5, 0.6) is 0 Å². The van der Waals surface area contributed by atoms with Crippen molar-refractivity contribution in [2.75, 3.05) is 5.73 Å². The van der Waals surface area contributed by atoms with Crippen molar-refractivity contribution in [3.8, 4) is 0 Å². The third-order valence-corrected chi connectivity index (χ3v) is 3.52. The van der Waals surface area contributed by atoms with Gasteiger partial charge in [-0.1, -0.05) is 6.07 Å². The molecule has 0 saturated heterocycles. The number of hydrogen-bond acceptors (Lipinski definition) is 3. The molecule has 100 valence electrons. The summed E-state index contributed by atoms with van der Waals surface area (Å²) in [6.07, 6.45) is 3.99. The van der Waals surface area contributed by atoms with Gasteiger partial charge in [-0.05, 0) is 37.1 Å². The molecule has 3 rings (SSSR count). The van der Waals surface area contributed by atoms with E-state index in [1.807, 2.05) is 12.1 Å². The normalized spacial score (nSPS) is 15.1. The van der Waals surface area contributed by atoms with Gasteiger partial charge in [-0.2, -0.15) is 0 Å². The first-order valence-corrected chi connectivity index (χ1v) is 6.53. The Morgan fingerprint density at radius 3 is 2.68 bits per heavy atom. The van der Waals surface area contributed by atoms with Gasteiger partial charge in [0.05, 0.1) is 12.8 Å². The van der Waals surface area contributed by atoms with Gasteiger partial charge >= 0.3 is 0 Å². The number of nitrogens with two attached hydrogens (primary N) is 1. The van der Waals surface area contributed by atoms with Crippen molar-refractivity contribution >= 4 is 5.69 Å². The van der Waals surface area contributed by atoms with Gasteiger partial charge in [-0.15, -0.1) is 0 Å². The lowest BCUT2D eigenvalue weighted by Crippen LogP contribution is -2.25. The van der Waals surface area contributed by atoms with Crippen LogP contribution in [-0.4, -0.2) is 10.9 Å². The molecule has 2 aromatic rings. The van der Waals surface area contributed by atoms with Crippen LogP contribution >= 0.6 is 0 Å². The zero-order chi connectivity index (χ0) is 13.2. The quantitative estimate of drug-likeness (QED) is 0.840. The van der Waals surface area contributed by atoms with Crippen LogP contribution in [0.25, 0.3) is 0 Å².